The van der Waals surface area contributed by atoms with Crippen molar-refractivity contribution in [1.29, 1.82) is 10.5 Å². The van der Waals surface area contributed by atoms with E-state index in [9.17, 15) is 25.2 Å². The number of nitriles is 2. The normalized spacial score (nSPS) is 21.1. The average Bonchev–Trinajstić information content (AvgIpc) is 4.22. The quantitative estimate of drug-likeness (QED) is 0.0861. The van der Waals surface area contributed by atoms with Crippen LogP contribution in [0.3, 0.4) is 0 Å². The van der Waals surface area contributed by atoms with Gasteiger partial charge < -0.3 is 44.0 Å². The van der Waals surface area contributed by atoms with E-state index in [1.165, 1.54) is 50.6 Å². The number of fused-ring (bicyclic) bond motifs is 4. The van der Waals surface area contributed by atoms with Crippen molar-refractivity contribution in [2.45, 2.75) is 88.5 Å². The second kappa shape index (κ2) is 25.9. The zero-order valence-corrected chi connectivity index (χ0v) is 48.6. The Labute approximate surface area is 498 Å². The fourth-order valence-corrected chi connectivity index (χ4v) is 14.1. The van der Waals surface area contributed by atoms with E-state index in [1.54, 1.807) is 9.80 Å². The van der Waals surface area contributed by atoms with Gasteiger partial charge in [0.1, 0.15) is 24.8 Å². The lowest BCUT2D eigenvalue weighted by Gasteiger charge is -2.42. The maximum absolute atomic E-state index is 12.9. The molecule has 19 heteroatoms. The van der Waals surface area contributed by atoms with Gasteiger partial charge in [-0.2, -0.15) is 30.5 Å². The lowest BCUT2D eigenvalue weighted by atomic mass is 9.88. The standard InChI is InChI=1S/C66H76N14O5/c1-3-61(82)79-32-30-77(41-50(79)20-24-67)63-55-22-28-75(59-19-9-14-46-12-5-7-17-53(46)59)43-57(55)69-65(71-63)84-37-35-73-26-10-15-48(40-73)49-38-47-13-6-8-18-54(47)60(39-49)76-29-23-56-58(44-76)70-66(85-45-52-16-11-27-74(52)34-36-81)72-64(56)78-31-33-80(62(83)4-2)51(42-78)21-25-68/h3-9,12-14,17-19,38-39,48,50-52,81H,1-2,10-11,15-16,20-23,26-37,40-45H2/t48?,50?,51?,52-/m1/s1. The van der Waals surface area contributed by atoms with E-state index in [1.807, 2.05) is 0 Å². The van der Waals surface area contributed by atoms with Crippen molar-refractivity contribution in [3.05, 3.63) is 132 Å². The average molecular weight is 1150 g/mol. The molecule has 12 rings (SSSR count). The van der Waals surface area contributed by atoms with E-state index >= 15 is 0 Å². The van der Waals surface area contributed by atoms with Crippen LogP contribution in [0, 0.1) is 22.7 Å². The Morgan fingerprint density at radius 1 is 0.612 bits per heavy atom. The second-order valence-electron chi connectivity index (χ2n) is 23.4. The number of anilines is 4. The minimum atomic E-state index is -0.312. The van der Waals surface area contributed by atoms with Gasteiger partial charge in [0.25, 0.3) is 0 Å². The highest BCUT2D eigenvalue weighted by Crippen LogP contribution is 2.40. The molecule has 4 fully saturated rings. The molecular weight excluding hydrogens is 1070 g/mol. The van der Waals surface area contributed by atoms with Gasteiger partial charge in [-0.25, -0.2) is 0 Å². The number of nitrogens with zero attached hydrogens (tertiary/aromatic N) is 14. The fourth-order valence-electron chi connectivity index (χ4n) is 14.1. The smallest absolute Gasteiger partial charge is 0.318 e. The molecule has 0 radical (unpaired) electrons. The zero-order valence-electron chi connectivity index (χ0n) is 48.6. The molecule has 1 N–H and O–H groups in total. The number of hydrogen-bond acceptors (Lipinski definition) is 17. The Hall–Kier alpha value is -8.36. The highest BCUT2D eigenvalue weighted by molar-refractivity contribution is 5.96. The number of likely N-dealkylation sites (tertiary alicyclic amines) is 2. The fraction of sp³-hybridized carbons (Fsp3) is 0.455. The predicted molar refractivity (Wildman–Crippen MR) is 329 cm³/mol. The van der Waals surface area contributed by atoms with E-state index in [0.29, 0.717) is 97.1 Å². The summed E-state index contributed by atoms with van der Waals surface area (Å²) in [4.78, 5) is 64.1. The van der Waals surface area contributed by atoms with Crippen LogP contribution >= 0.6 is 0 Å². The molecule has 6 aliphatic rings. The molecule has 6 aliphatic heterocycles. The van der Waals surface area contributed by atoms with E-state index in [-0.39, 0.29) is 55.3 Å². The number of piperazine rings is 2. The minimum absolute atomic E-state index is 0.0946. The summed E-state index contributed by atoms with van der Waals surface area (Å²) in [5.74, 6) is 1.58. The first-order valence-corrected chi connectivity index (χ1v) is 30.4. The predicted octanol–water partition coefficient (Wildman–Crippen LogP) is 7.03. The number of β-amino-alcohol motifs (C(OH)–C–C–N with tert-alkyl or cyclic N) is 1. The summed E-state index contributed by atoms with van der Waals surface area (Å²) in [7, 11) is 0. The molecular formula is C66H76N14O5. The summed E-state index contributed by atoms with van der Waals surface area (Å²) in [6.07, 6.45) is 8.64. The summed E-state index contributed by atoms with van der Waals surface area (Å²) >= 11 is 0. The maximum atomic E-state index is 12.9. The molecule has 0 aliphatic carbocycles. The zero-order chi connectivity index (χ0) is 58.4. The van der Waals surface area contributed by atoms with Crippen LogP contribution in [0.1, 0.15) is 72.5 Å². The summed E-state index contributed by atoms with van der Waals surface area (Å²) in [5, 5.41) is 34.2. The number of aromatic nitrogens is 4. The van der Waals surface area contributed by atoms with Crippen LogP contribution in [0.25, 0.3) is 21.5 Å². The number of ether oxygens (including phenoxy) is 2. The van der Waals surface area contributed by atoms with Crippen LogP contribution < -0.4 is 29.1 Å². The lowest BCUT2D eigenvalue weighted by Crippen LogP contribution is -2.55. The second-order valence-corrected chi connectivity index (χ2v) is 23.4. The van der Waals surface area contributed by atoms with Gasteiger partial charge in [-0.15, -0.1) is 0 Å². The number of amides is 2. The Bertz CT molecular complexity index is 3540. The Morgan fingerprint density at radius 2 is 1.20 bits per heavy atom. The highest BCUT2D eigenvalue weighted by Gasteiger charge is 2.37. The van der Waals surface area contributed by atoms with Gasteiger partial charge >= 0.3 is 12.0 Å². The Morgan fingerprint density at radius 3 is 1.84 bits per heavy atom. The van der Waals surface area contributed by atoms with Crippen LogP contribution in [0.15, 0.2) is 104 Å². The van der Waals surface area contributed by atoms with Gasteiger partial charge in [-0.05, 0) is 98.2 Å². The first-order valence-electron chi connectivity index (χ1n) is 30.4. The molecule has 440 valence electrons. The number of benzene rings is 4. The molecule has 19 nitrogen and oxygen atoms in total. The highest BCUT2D eigenvalue weighted by atomic mass is 16.5. The largest absolute Gasteiger partial charge is 0.462 e. The van der Waals surface area contributed by atoms with Gasteiger partial charge in [0.15, 0.2) is 0 Å². The topological polar surface area (TPSA) is 198 Å². The van der Waals surface area contributed by atoms with Crippen molar-refractivity contribution >= 4 is 56.4 Å². The molecule has 0 spiro atoms. The SMILES string of the molecule is C=CC(=O)N1CCN(c2nc(OCCN3CCCC(c4cc(N5CCc6c(nc(OC[C@H]7CCCN7CCO)nc6N6CCN(C(=O)C=C)C(CC#N)C6)C5)c5ccccc5c4)C3)nc3c2CCN(c2cccc4ccccc24)C3)CC1CC#N. The van der Waals surface area contributed by atoms with Crippen LogP contribution in [0.4, 0.5) is 23.0 Å². The number of carbonyl (C=O) groups is 2. The van der Waals surface area contributed by atoms with Crippen LogP contribution in [0.5, 0.6) is 12.0 Å². The molecule has 4 atom stereocenters. The molecule has 4 saturated heterocycles. The van der Waals surface area contributed by atoms with Gasteiger partial charge in [-0.1, -0.05) is 79.9 Å². The van der Waals surface area contributed by atoms with Crippen molar-refractivity contribution in [2.75, 3.05) is 125 Å². The Kier molecular flexibility index (Phi) is 17.4. The van der Waals surface area contributed by atoms with Gasteiger partial charge in [0.05, 0.1) is 68.1 Å². The van der Waals surface area contributed by atoms with Crippen molar-refractivity contribution < 1.29 is 24.2 Å². The molecule has 8 heterocycles. The summed E-state index contributed by atoms with van der Waals surface area (Å²) < 4.78 is 13.2. The number of rotatable bonds is 18. The van der Waals surface area contributed by atoms with Crippen LogP contribution in [0.2, 0.25) is 0 Å². The maximum Gasteiger partial charge on any atom is 0.318 e. The molecule has 0 saturated carbocycles. The molecule has 4 aromatic carbocycles. The molecule has 2 amide bonds. The molecule has 6 aromatic rings. The van der Waals surface area contributed by atoms with Crippen molar-refractivity contribution in [3.63, 3.8) is 0 Å². The monoisotopic (exact) mass is 1140 g/mol. The van der Waals surface area contributed by atoms with Crippen molar-refractivity contribution in [3.8, 4) is 24.2 Å². The summed E-state index contributed by atoms with van der Waals surface area (Å²) in [6.45, 7) is 18.1. The van der Waals surface area contributed by atoms with E-state index < -0.39 is 0 Å². The molecule has 3 unspecified atom stereocenters. The van der Waals surface area contributed by atoms with Crippen LogP contribution in [-0.4, -0.2) is 179 Å². The van der Waals surface area contributed by atoms with E-state index in [2.05, 4.69) is 134 Å². The van der Waals surface area contributed by atoms with Gasteiger partial charge in [0.2, 0.25) is 11.8 Å². The van der Waals surface area contributed by atoms with E-state index in [0.717, 1.165) is 99.0 Å². The van der Waals surface area contributed by atoms with Crippen molar-refractivity contribution in [2.24, 2.45) is 0 Å². The third-order valence-electron chi connectivity index (χ3n) is 18.4. The van der Waals surface area contributed by atoms with Crippen molar-refractivity contribution in [1.82, 2.24) is 39.5 Å². The van der Waals surface area contributed by atoms with Gasteiger partial charge in [-0.3, -0.25) is 19.4 Å². The van der Waals surface area contributed by atoms with E-state index in [4.69, 9.17) is 29.4 Å². The third kappa shape index (κ3) is 12.2. The number of aliphatic hydroxyl groups is 1. The lowest BCUT2D eigenvalue weighted by molar-refractivity contribution is -0.129. The minimum Gasteiger partial charge on any atom is -0.462 e. The Balaban J connectivity index is 0.779. The number of carbonyl (C=O) groups excluding carboxylic acids is 2. The third-order valence-corrected chi connectivity index (χ3v) is 18.4. The number of hydrogen-bond donors (Lipinski definition) is 1. The number of piperidine rings is 1. The molecule has 2 aromatic heterocycles. The first kappa shape index (κ1) is 57.1. The molecule has 85 heavy (non-hydrogen) atoms. The van der Waals surface area contributed by atoms with Gasteiger partial charge in [0, 0.05) is 111 Å². The molecule has 0 bridgehead atoms. The summed E-state index contributed by atoms with van der Waals surface area (Å²) in [6, 6.07) is 33.2. The first-order chi connectivity index (χ1) is 41.7. The van der Waals surface area contributed by atoms with Crippen LogP contribution in [-0.2, 0) is 35.5 Å². The summed E-state index contributed by atoms with van der Waals surface area (Å²) in [5.41, 5.74) is 7.64. The number of aliphatic hydroxyl groups excluding tert-OH is 1.